The van der Waals surface area contributed by atoms with Crippen molar-refractivity contribution in [3.05, 3.63) is 23.7 Å². The molecule has 0 amide bonds. The van der Waals surface area contributed by atoms with Gasteiger partial charge in [-0.15, -0.1) is 11.8 Å². The lowest BCUT2D eigenvalue weighted by atomic mass is 10.1. The van der Waals surface area contributed by atoms with Crippen LogP contribution in [0, 0.1) is 18.8 Å². The van der Waals surface area contributed by atoms with E-state index in [9.17, 15) is 4.79 Å². The van der Waals surface area contributed by atoms with Gasteiger partial charge < -0.3 is 4.42 Å². The molecule has 13 heavy (non-hydrogen) atoms. The van der Waals surface area contributed by atoms with E-state index in [0.717, 1.165) is 5.76 Å². The maximum absolute atomic E-state index is 11.4. The van der Waals surface area contributed by atoms with Crippen LogP contribution < -0.4 is 0 Å². The molecule has 0 aromatic carbocycles. The Labute approximate surface area is 77.9 Å². The van der Waals surface area contributed by atoms with Gasteiger partial charge in [-0.2, -0.15) is 0 Å². The summed E-state index contributed by atoms with van der Waals surface area (Å²) in [4.78, 5) is 11.4. The molecule has 1 aromatic heterocycles. The molecule has 2 heteroatoms. The van der Waals surface area contributed by atoms with Crippen molar-refractivity contribution < 1.29 is 9.21 Å². The summed E-state index contributed by atoms with van der Waals surface area (Å²) in [6, 6.07) is 1.75. The molecule has 0 unspecified atom stereocenters. The molecule has 0 fully saturated rings. The van der Waals surface area contributed by atoms with Gasteiger partial charge in [-0.3, -0.25) is 4.79 Å². The number of hydrogen-bond donors (Lipinski definition) is 0. The Morgan fingerprint density at radius 2 is 2.38 bits per heavy atom. The van der Waals surface area contributed by atoms with Gasteiger partial charge >= 0.3 is 0 Å². The molecule has 68 valence electrons. The fourth-order valence-corrected chi connectivity index (χ4v) is 1.04. The second-order valence-corrected chi connectivity index (χ2v) is 2.80. The highest BCUT2D eigenvalue weighted by molar-refractivity contribution is 5.95. The Hall–Kier alpha value is -1.49. The predicted molar refractivity (Wildman–Crippen MR) is 50.5 cm³/mol. The first-order valence-electron chi connectivity index (χ1n) is 4.22. The van der Waals surface area contributed by atoms with Crippen LogP contribution in [-0.4, -0.2) is 5.78 Å². The molecule has 1 rings (SSSR count). The third-order valence-corrected chi connectivity index (χ3v) is 1.71. The lowest BCUT2D eigenvalue weighted by molar-refractivity contribution is 0.0983. The minimum Gasteiger partial charge on any atom is -0.469 e. The summed E-state index contributed by atoms with van der Waals surface area (Å²) in [5, 5.41) is 0. The Bertz CT molecular complexity index is 350. The quantitative estimate of drug-likeness (QED) is 0.523. The Balaban J connectivity index is 2.52. The van der Waals surface area contributed by atoms with Gasteiger partial charge in [-0.25, -0.2) is 0 Å². The van der Waals surface area contributed by atoms with Gasteiger partial charge in [0, 0.05) is 12.8 Å². The maximum Gasteiger partial charge on any atom is 0.167 e. The summed E-state index contributed by atoms with van der Waals surface area (Å²) in [6.45, 7) is 3.59. The van der Waals surface area contributed by atoms with Gasteiger partial charge in [0.15, 0.2) is 5.78 Å². The zero-order valence-corrected chi connectivity index (χ0v) is 7.89. The number of rotatable bonds is 3. The van der Waals surface area contributed by atoms with Crippen LogP contribution in [0.1, 0.15) is 35.9 Å². The van der Waals surface area contributed by atoms with Gasteiger partial charge in [0.25, 0.3) is 0 Å². The molecule has 2 nitrogen and oxygen atoms in total. The number of ketones is 1. The van der Waals surface area contributed by atoms with Crippen LogP contribution in [0.15, 0.2) is 16.7 Å². The molecule has 0 saturated heterocycles. The number of aryl methyl sites for hydroxylation is 1. The third-order valence-electron chi connectivity index (χ3n) is 1.71. The molecular formula is C11H12O2. The van der Waals surface area contributed by atoms with Crippen molar-refractivity contribution >= 4 is 5.78 Å². The second-order valence-electron chi connectivity index (χ2n) is 2.80. The monoisotopic (exact) mass is 176 g/mol. The van der Waals surface area contributed by atoms with Crippen LogP contribution in [0.25, 0.3) is 0 Å². The van der Waals surface area contributed by atoms with Crippen LogP contribution >= 0.6 is 0 Å². The van der Waals surface area contributed by atoms with E-state index in [2.05, 4.69) is 11.8 Å². The molecule has 0 atom stereocenters. The summed E-state index contributed by atoms with van der Waals surface area (Å²) in [5.74, 6) is 6.47. The van der Waals surface area contributed by atoms with E-state index in [1.165, 1.54) is 6.26 Å². The Morgan fingerprint density at radius 3 is 2.92 bits per heavy atom. The highest BCUT2D eigenvalue weighted by atomic mass is 16.3. The minimum atomic E-state index is 0.0969. The van der Waals surface area contributed by atoms with Crippen LogP contribution in [0.5, 0.6) is 0 Å². The van der Waals surface area contributed by atoms with Crippen LogP contribution in [0.3, 0.4) is 0 Å². The van der Waals surface area contributed by atoms with E-state index in [4.69, 9.17) is 4.42 Å². The van der Waals surface area contributed by atoms with E-state index in [0.29, 0.717) is 18.4 Å². The van der Waals surface area contributed by atoms with Gasteiger partial charge in [-0.05, 0) is 19.9 Å². The number of Topliss-reactive ketones (excluding diaryl/α,β-unsaturated/α-hetero) is 1. The number of hydrogen-bond acceptors (Lipinski definition) is 2. The Morgan fingerprint density at radius 1 is 1.62 bits per heavy atom. The molecule has 0 aliphatic carbocycles. The van der Waals surface area contributed by atoms with Crippen molar-refractivity contribution in [1.29, 1.82) is 0 Å². The van der Waals surface area contributed by atoms with Crippen LogP contribution in [0.4, 0.5) is 0 Å². The van der Waals surface area contributed by atoms with Gasteiger partial charge in [0.1, 0.15) is 12.0 Å². The SMILES string of the molecule is CC#CCCC(=O)c1coc(C)c1. The topological polar surface area (TPSA) is 30.2 Å². The van der Waals surface area contributed by atoms with Gasteiger partial charge in [0.05, 0.1) is 5.56 Å². The lowest BCUT2D eigenvalue weighted by Crippen LogP contribution is -1.95. The van der Waals surface area contributed by atoms with E-state index in [1.54, 1.807) is 13.0 Å². The zero-order valence-electron chi connectivity index (χ0n) is 7.89. The molecule has 0 saturated carbocycles. The summed E-state index contributed by atoms with van der Waals surface area (Å²) < 4.78 is 5.04. The third kappa shape index (κ3) is 2.79. The van der Waals surface area contributed by atoms with Crippen molar-refractivity contribution in [2.45, 2.75) is 26.7 Å². The largest absolute Gasteiger partial charge is 0.469 e. The molecule has 1 aromatic rings. The predicted octanol–water partition coefficient (Wildman–Crippen LogP) is 2.57. The smallest absolute Gasteiger partial charge is 0.167 e. The van der Waals surface area contributed by atoms with Crippen molar-refractivity contribution in [3.63, 3.8) is 0 Å². The van der Waals surface area contributed by atoms with Gasteiger partial charge in [0.2, 0.25) is 0 Å². The van der Waals surface area contributed by atoms with Crippen molar-refractivity contribution in [2.24, 2.45) is 0 Å². The first-order chi connectivity index (χ1) is 6.24. The maximum atomic E-state index is 11.4. The van der Waals surface area contributed by atoms with Crippen LogP contribution in [-0.2, 0) is 0 Å². The molecule has 0 N–H and O–H groups in total. The molecule has 0 radical (unpaired) electrons. The van der Waals surface area contributed by atoms with E-state index >= 15 is 0 Å². The molecule has 0 aliphatic rings. The van der Waals surface area contributed by atoms with Gasteiger partial charge in [-0.1, -0.05) is 0 Å². The van der Waals surface area contributed by atoms with Crippen molar-refractivity contribution in [3.8, 4) is 11.8 Å². The van der Waals surface area contributed by atoms with Crippen LogP contribution in [0.2, 0.25) is 0 Å². The molecular weight excluding hydrogens is 164 g/mol. The highest BCUT2D eigenvalue weighted by Crippen LogP contribution is 2.09. The van der Waals surface area contributed by atoms with E-state index in [-0.39, 0.29) is 5.78 Å². The standard InChI is InChI=1S/C11H12O2/c1-3-4-5-6-11(12)10-7-9(2)13-8-10/h7-8H,5-6H2,1-2H3. The summed E-state index contributed by atoms with van der Waals surface area (Å²) in [5.41, 5.74) is 0.649. The second kappa shape index (κ2) is 4.51. The molecule has 0 aliphatic heterocycles. The number of carbonyl (C=O) groups excluding carboxylic acids is 1. The van der Waals surface area contributed by atoms with E-state index < -0.39 is 0 Å². The summed E-state index contributed by atoms with van der Waals surface area (Å²) >= 11 is 0. The average Bonchev–Trinajstić information content (AvgIpc) is 2.52. The average molecular weight is 176 g/mol. The zero-order chi connectivity index (χ0) is 9.68. The number of carbonyl (C=O) groups is 1. The Kier molecular flexibility index (Phi) is 3.33. The molecule has 0 spiro atoms. The van der Waals surface area contributed by atoms with E-state index in [1.807, 2.05) is 6.92 Å². The van der Waals surface area contributed by atoms with Crippen molar-refractivity contribution in [1.82, 2.24) is 0 Å². The minimum absolute atomic E-state index is 0.0969. The molecule has 1 heterocycles. The number of furan rings is 1. The first kappa shape index (κ1) is 9.60. The van der Waals surface area contributed by atoms with Crippen molar-refractivity contribution in [2.75, 3.05) is 0 Å². The molecule has 0 bridgehead atoms. The highest BCUT2D eigenvalue weighted by Gasteiger charge is 2.06. The fraction of sp³-hybridized carbons (Fsp3) is 0.364. The fourth-order valence-electron chi connectivity index (χ4n) is 1.04. The first-order valence-corrected chi connectivity index (χ1v) is 4.22. The normalized spacial score (nSPS) is 9.08. The lowest BCUT2D eigenvalue weighted by Gasteiger charge is -1.90. The summed E-state index contributed by atoms with van der Waals surface area (Å²) in [6.07, 6.45) is 2.59. The summed E-state index contributed by atoms with van der Waals surface area (Å²) in [7, 11) is 0.